The van der Waals surface area contributed by atoms with Crippen LogP contribution in [0.5, 0.6) is 0 Å². The van der Waals surface area contributed by atoms with Gasteiger partial charge in [-0.3, -0.25) is 4.90 Å². The number of nitrogens with zero attached hydrogens (tertiary/aromatic N) is 2. The van der Waals surface area contributed by atoms with Crippen LogP contribution in [0.3, 0.4) is 0 Å². The zero-order valence-electron chi connectivity index (χ0n) is 13.8. The van der Waals surface area contributed by atoms with Crippen molar-refractivity contribution in [2.45, 2.75) is 33.2 Å². The minimum absolute atomic E-state index is 0.0743. The molecule has 1 aliphatic rings. The maximum absolute atomic E-state index is 9.02. The number of nitrogens with one attached hydrogen (secondary N) is 1. The number of anilines is 2. The van der Waals surface area contributed by atoms with Crippen molar-refractivity contribution in [1.29, 1.82) is 0 Å². The van der Waals surface area contributed by atoms with Gasteiger partial charge in [0.15, 0.2) is 0 Å². The topological polar surface area (TPSA) is 38.7 Å². The lowest BCUT2D eigenvalue weighted by Crippen LogP contribution is -2.47. The van der Waals surface area contributed by atoms with Crippen LogP contribution < -0.4 is 10.2 Å². The van der Waals surface area contributed by atoms with E-state index in [1.807, 2.05) is 0 Å². The molecule has 2 rings (SSSR count). The van der Waals surface area contributed by atoms with E-state index in [-0.39, 0.29) is 12.1 Å². The molecule has 0 amide bonds. The molecule has 0 radical (unpaired) electrons. The Morgan fingerprint density at radius 1 is 1.10 bits per heavy atom. The number of piperazine rings is 1. The fourth-order valence-corrected chi connectivity index (χ4v) is 2.82. The van der Waals surface area contributed by atoms with Gasteiger partial charge in [-0.1, -0.05) is 0 Å². The van der Waals surface area contributed by atoms with Gasteiger partial charge in [0.05, 0.1) is 6.61 Å². The maximum atomic E-state index is 9.02. The maximum Gasteiger partial charge on any atom is 0.0558 e. The van der Waals surface area contributed by atoms with Crippen LogP contribution in [0.2, 0.25) is 0 Å². The van der Waals surface area contributed by atoms with E-state index < -0.39 is 0 Å². The molecule has 1 aliphatic heterocycles. The molecule has 4 heteroatoms. The summed E-state index contributed by atoms with van der Waals surface area (Å²) in [5.74, 6) is 0. The smallest absolute Gasteiger partial charge is 0.0558 e. The van der Waals surface area contributed by atoms with Crippen molar-refractivity contribution in [3.8, 4) is 0 Å². The van der Waals surface area contributed by atoms with Crippen LogP contribution in [0.25, 0.3) is 0 Å². The third-order valence-corrected chi connectivity index (χ3v) is 3.74. The summed E-state index contributed by atoms with van der Waals surface area (Å²) in [6, 6.07) is 6.71. The van der Waals surface area contributed by atoms with Crippen LogP contribution in [-0.4, -0.2) is 54.9 Å². The molecule has 1 aromatic carbocycles. The highest BCUT2D eigenvalue weighted by Crippen LogP contribution is 2.25. The number of hydrogen-bond acceptors (Lipinski definition) is 4. The van der Waals surface area contributed by atoms with Crippen molar-refractivity contribution in [2.24, 2.45) is 0 Å². The van der Waals surface area contributed by atoms with E-state index in [9.17, 15) is 0 Å². The van der Waals surface area contributed by atoms with Crippen molar-refractivity contribution in [3.05, 3.63) is 23.8 Å². The van der Waals surface area contributed by atoms with Crippen LogP contribution in [0.15, 0.2) is 18.2 Å². The fraction of sp³-hybridized carbons (Fsp3) is 0.647. The lowest BCUT2D eigenvalue weighted by Gasteiger charge is -2.36. The molecule has 0 spiro atoms. The van der Waals surface area contributed by atoms with E-state index in [1.54, 1.807) is 0 Å². The molecule has 0 aliphatic carbocycles. The van der Waals surface area contributed by atoms with Crippen molar-refractivity contribution >= 4 is 11.4 Å². The van der Waals surface area contributed by atoms with Gasteiger partial charge < -0.3 is 15.3 Å². The van der Waals surface area contributed by atoms with Gasteiger partial charge in [-0.15, -0.1) is 0 Å². The van der Waals surface area contributed by atoms with E-state index in [0.717, 1.165) is 32.7 Å². The van der Waals surface area contributed by atoms with E-state index >= 15 is 0 Å². The molecule has 1 fully saturated rings. The first-order chi connectivity index (χ1) is 9.87. The molecule has 0 atom stereocenters. The summed E-state index contributed by atoms with van der Waals surface area (Å²) in [7, 11) is 0. The molecule has 0 aromatic heterocycles. The Balaban J connectivity index is 2.06. The first-order valence-corrected chi connectivity index (χ1v) is 7.85. The normalized spacial score (nSPS) is 17.1. The molecule has 118 valence electrons. The predicted molar refractivity (Wildman–Crippen MR) is 90.3 cm³/mol. The second kappa shape index (κ2) is 6.67. The van der Waals surface area contributed by atoms with Crippen LogP contribution >= 0.6 is 0 Å². The number of aliphatic hydroxyl groups excluding tert-OH is 1. The molecular weight excluding hydrogens is 262 g/mol. The Bertz CT molecular complexity index is 460. The van der Waals surface area contributed by atoms with Crippen molar-refractivity contribution in [3.63, 3.8) is 0 Å². The molecule has 0 bridgehead atoms. The number of aliphatic hydroxyl groups is 1. The number of rotatable bonds is 4. The van der Waals surface area contributed by atoms with Gasteiger partial charge >= 0.3 is 0 Å². The van der Waals surface area contributed by atoms with E-state index in [1.165, 1.54) is 16.9 Å². The average Bonchev–Trinajstić information content (AvgIpc) is 2.37. The molecular formula is C17H29N3O. The van der Waals surface area contributed by atoms with E-state index in [2.05, 4.69) is 61.0 Å². The van der Waals surface area contributed by atoms with Gasteiger partial charge in [0, 0.05) is 49.6 Å². The van der Waals surface area contributed by atoms with Gasteiger partial charge in [-0.25, -0.2) is 0 Å². The predicted octanol–water partition coefficient (Wildman–Crippen LogP) is 2.32. The molecule has 1 heterocycles. The van der Waals surface area contributed by atoms with Gasteiger partial charge in [-0.2, -0.15) is 0 Å². The quantitative estimate of drug-likeness (QED) is 0.893. The number of benzene rings is 1. The highest BCUT2D eigenvalue weighted by atomic mass is 16.3. The summed E-state index contributed by atoms with van der Waals surface area (Å²) in [5, 5.41) is 12.6. The zero-order chi connectivity index (χ0) is 15.5. The summed E-state index contributed by atoms with van der Waals surface area (Å²) in [4.78, 5) is 4.76. The monoisotopic (exact) mass is 291 g/mol. The average molecular weight is 291 g/mol. The molecule has 21 heavy (non-hydrogen) atoms. The van der Waals surface area contributed by atoms with Crippen LogP contribution in [0, 0.1) is 6.92 Å². The SMILES string of the molecule is Cc1cc(NC(C)(C)C)cc(N2CCN(CCO)CC2)c1. The van der Waals surface area contributed by atoms with Crippen LogP contribution in [0.1, 0.15) is 26.3 Å². The Labute approximate surface area is 128 Å². The Kier molecular flexibility index (Phi) is 5.12. The minimum Gasteiger partial charge on any atom is -0.395 e. The van der Waals surface area contributed by atoms with Crippen molar-refractivity contribution in [1.82, 2.24) is 4.90 Å². The number of hydrogen-bond donors (Lipinski definition) is 2. The Hall–Kier alpha value is -1.26. The second-order valence-corrected chi connectivity index (χ2v) is 6.98. The summed E-state index contributed by atoms with van der Waals surface area (Å²) in [6.45, 7) is 13.8. The molecule has 1 aromatic rings. The first kappa shape index (κ1) is 16.1. The molecule has 1 saturated heterocycles. The van der Waals surface area contributed by atoms with Crippen LogP contribution in [0.4, 0.5) is 11.4 Å². The van der Waals surface area contributed by atoms with Gasteiger partial charge in [0.1, 0.15) is 0 Å². The summed E-state index contributed by atoms with van der Waals surface area (Å²) >= 11 is 0. The van der Waals surface area contributed by atoms with Gasteiger partial charge in [-0.05, 0) is 51.5 Å². The van der Waals surface area contributed by atoms with Gasteiger partial charge in [0.2, 0.25) is 0 Å². The molecule has 0 unspecified atom stereocenters. The summed E-state index contributed by atoms with van der Waals surface area (Å²) in [5.41, 5.74) is 3.85. The summed E-state index contributed by atoms with van der Waals surface area (Å²) < 4.78 is 0. The lowest BCUT2D eigenvalue weighted by atomic mass is 10.1. The fourth-order valence-electron chi connectivity index (χ4n) is 2.82. The molecule has 2 N–H and O–H groups in total. The molecule has 4 nitrogen and oxygen atoms in total. The highest BCUT2D eigenvalue weighted by molar-refractivity contribution is 5.61. The second-order valence-electron chi connectivity index (χ2n) is 6.98. The zero-order valence-corrected chi connectivity index (χ0v) is 13.8. The molecule has 0 saturated carbocycles. The third kappa shape index (κ3) is 4.90. The van der Waals surface area contributed by atoms with Crippen molar-refractivity contribution in [2.75, 3.05) is 49.5 Å². The Morgan fingerprint density at radius 2 is 1.76 bits per heavy atom. The third-order valence-electron chi connectivity index (χ3n) is 3.74. The number of aryl methyl sites for hydroxylation is 1. The Morgan fingerprint density at radius 3 is 2.33 bits per heavy atom. The first-order valence-electron chi connectivity index (χ1n) is 7.85. The van der Waals surface area contributed by atoms with Crippen LogP contribution in [-0.2, 0) is 0 Å². The largest absolute Gasteiger partial charge is 0.395 e. The highest BCUT2D eigenvalue weighted by Gasteiger charge is 2.18. The lowest BCUT2D eigenvalue weighted by molar-refractivity contribution is 0.189. The van der Waals surface area contributed by atoms with Gasteiger partial charge in [0.25, 0.3) is 0 Å². The summed E-state index contributed by atoms with van der Waals surface area (Å²) in [6.07, 6.45) is 0. The standard InChI is InChI=1S/C17H29N3O/c1-14-11-15(18-17(2,3)4)13-16(12-14)20-7-5-19(6-8-20)9-10-21/h11-13,18,21H,5-10H2,1-4H3. The van der Waals surface area contributed by atoms with Crippen molar-refractivity contribution < 1.29 is 5.11 Å². The van der Waals surface area contributed by atoms with E-state index in [0.29, 0.717) is 0 Å². The van der Waals surface area contributed by atoms with E-state index in [4.69, 9.17) is 5.11 Å². The minimum atomic E-state index is 0.0743. The number of β-amino-alcohol motifs (C(OH)–C–C–N with tert-alkyl or cyclic N) is 1.